The van der Waals surface area contributed by atoms with Crippen LogP contribution < -0.4 is 40.4 Å². The van der Waals surface area contributed by atoms with Gasteiger partial charge in [0, 0.05) is 71.7 Å². The topological polar surface area (TPSA) is 189 Å². The molecule has 18 heteroatoms. The second-order valence-electron chi connectivity index (χ2n) is 22.9. The molecule has 0 aromatic carbocycles. The van der Waals surface area contributed by atoms with E-state index < -0.39 is 17.9 Å². The Hall–Kier alpha value is 0.358. The number of carboxylic acids is 1. The van der Waals surface area contributed by atoms with Gasteiger partial charge in [-0.2, -0.15) is 0 Å². The van der Waals surface area contributed by atoms with Gasteiger partial charge >= 0.3 is 92.7 Å². The number of nitrogens with zero attached hydrogens (tertiary/aromatic N) is 4. The van der Waals surface area contributed by atoms with Crippen LogP contribution in [0.25, 0.3) is 0 Å². The smallest absolute Gasteiger partial charge is 0.550 e. The number of aldehydes is 1. The van der Waals surface area contributed by atoms with Crippen molar-refractivity contribution in [1.29, 1.82) is 0 Å². The van der Waals surface area contributed by atoms with E-state index in [9.17, 15) is 14.4 Å². The fraction of sp³-hybridized carbons (Fsp3) is 0.848. The Kier molecular flexibility index (Phi) is 108. The molecule has 0 spiro atoms. The van der Waals surface area contributed by atoms with E-state index in [-0.39, 0.29) is 125 Å². The minimum atomic E-state index is -1.08. The van der Waals surface area contributed by atoms with Gasteiger partial charge in [-0.15, -0.1) is 0 Å². The van der Waals surface area contributed by atoms with Gasteiger partial charge in [-0.1, -0.05) is 141 Å². The average molecular weight is 1340 g/mol. The summed E-state index contributed by atoms with van der Waals surface area (Å²) in [6.07, 6.45) is 44.9. The van der Waals surface area contributed by atoms with Crippen molar-refractivity contribution in [3.05, 3.63) is 44.6 Å². The summed E-state index contributed by atoms with van der Waals surface area (Å²) in [7, 11) is 13.1. The number of carboxylic acid groups (broad SMARTS) is 1. The number of rotatable bonds is 22. The second-order valence-corrected chi connectivity index (χ2v) is 22.9. The molecule has 6 fully saturated rings. The van der Waals surface area contributed by atoms with Gasteiger partial charge in [0.2, 0.25) is 0 Å². The summed E-state index contributed by atoms with van der Waals surface area (Å²) in [6.45, 7) is 12.2. The Morgan fingerprint density at radius 3 is 0.952 bits per heavy atom. The van der Waals surface area contributed by atoms with Gasteiger partial charge in [0.1, 0.15) is 6.29 Å². The molecule has 0 radical (unpaired) electrons. The van der Waals surface area contributed by atoms with Crippen LogP contribution >= 0.6 is 0 Å². The molecule has 84 heavy (non-hydrogen) atoms. The third kappa shape index (κ3) is 76.6. The number of unbranched alkanes of at least 4 members (excludes halogenated alkanes) is 6. The molecule has 4 N–H and O–H groups in total. The van der Waals surface area contributed by atoms with Crippen molar-refractivity contribution in [1.82, 2.24) is 19.6 Å². The zero-order chi connectivity index (χ0) is 55.6. The zero-order valence-electron chi connectivity index (χ0n) is 57.7. The number of hydrogen-bond acceptors (Lipinski definition) is 14. The van der Waals surface area contributed by atoms with E-state index in [2.05, 4.69) is 71.7 Å². The number of nitrogens with two attached hydrogens (primary N) is 1. The molecule has 6 saturated carbocycles. The molecule has 6 atom stereocenters. The van der Waals surface area contributed by atoms with E-state index in [1.165, 1.54) is 200 Å². The van der Waals surface area contributed by atoms with Crippen LogP contribution in [0.4, 0.5) is 0 Å². The summed E-state index contributed by atoms with van der Waals surface area (Å²) in [4.78, 5) is 56.6. The Morgan fingerprint density at radius 1 is 0.440 bits per heavy atom. The Balaban J connectivity index is -0.0000000778. The number of aliphatic carboxylic acids is 1. The van der Waals surface area contributed by atoms with Gasteiger partial charge in [-0.3, -0.25) is 0 Å². The Morgan fingerprint density at radius 2 is 0.690 bits per heavy atom. The van der Waals surface area contributed by atoms with Gasteiger partial charge in [0.05, 0.1) is 0 Å². The monoisotopic (exact) mass is 1340 g/mol. The van der Waals surface area contributed by atoms with E-state index in [0.29, 0.717) is 25.0 Å². The average Bonchev–Trinajstić information content (AvgIpc) is 4.20. The standard InChI is InChI=1S/C24H49N3O.C9H17NO.C6H15NO.3C5H10.C4H6O4.C2H4O2.6CH3.3Fe.Na/c1-25(2)17-21-11-9-13-23(21)19-27(15-7-5-6-8-16-28)20-24-14-10-12-22(24)18-26(3)4;1-10(2)6-8-4-3-5-9(8)7-11;7-5-3-1-2-4-6-8;3*1-2-4-5-3-1;1-3(5)7-8-4(2)6;1-2(3)4;;;;;;;;;;/h21-24,28H,5-20H2,1-4H3;7-9H,3-6H2,1-2H3;8H,1-7H2;3*1-5H2;1-2H3;1H3,(H,3,4);6*1H3;;;;/q;;;;;;;;6*-1;3*+2;+1/p-1. The fourth-order valence-corrected chi connectivity index (χ4v) is 11.2. The number of hydrogen-bond donors (Lipinski definition) is 3. The summed E-state index contributed by atoms with van der Waals surface area (Å²) in [5, 5.41) is 26.3. The molecule has 0 saturated heterocycles. The van der Waals surface area contributed by atoms with Crippen molar-refractivity contribution < 1.29 is 125 Å². The Bertz CT molecular complexity index is 1190. The molecular formula is C66H138Fe3N5NaO9. The van der Waals surface area contributed by atoms with E-state index in [1.807, 2.05) is 0 Å². The normalized spacial score (nSPS) is 19.8. The number of carbonyl (C=O) groups excluding carboxylic acids is 4. The maximum atomic E-state index is 10.6. The Labute approximate surface area is 577 Å². The van der Waals surface area contributed by atoms with Crippen LogP contribution in [0.1, 0.15) is 226 Å². The molecule has 0 amide bonds. The van der Waals surface area contributed by atoms with Crippen LogP contribution in [-0.4, -0.2) is 155 Å². The van der Waals surface area contributed by atoms with E-state index in [1.54, 1.807) is 0 Å². The van der Waals surface area contributed by atoms with Crippen molar-refractivity contribution in [2.45, 2.75) is 226 Å². The predicted molar refractivity (Wildman–Crippen MR) is 343 cm³/mol. The van der Waals surface area contributed by atoms with Gasteiger partial charge in [0.25, 0.3) is 0 Å². The van der Waals surface area contributed by atoms with Gasteiger partial charge in [-0.05, 0) is 156 Å². The summed E-state index contributed by atoms with van der Waals surface area (Å²) >= 11 is 0. The molecule has 0 heterocycles. The van der Waals surface area contributed by atoms with Crippen molar-refractivity contribution in [2.75, 3.05) is 101 Å². The van der Waals surface area contributed by atoms with Crippen LogP contribution in [0.15, 0.2) is 0 Å². The third-order valence-corrected chi connectivity index (χ3v) is 14.8. The van der Waals surface area contributed by atoms with Crippen molar-refractivity contribution >= 4 is 24.2 Å². The quantitative estimate of drug-likeness (QED) is 0.0232. The third-order valence-electron chi connectivity index (χ3n) is 14.8. The van der Waals surface area contributed by atoms with Gasteiger partial charge < -0.3 is 94.8 Å². The summed E-state index contributed by atoms with van der Waals surface area (Å²) in [5.41, 5.74) is 5.25. The molecular weight excluding hydrogens is 1200 g/mol. The largest absolute Gasteiger partial charge is 2.00 e. The number of carbonyl (C=O) groups is 4. The predicted octanol–water partition coefficient (Wildman–Crippen LogP) is 9.79. The van der Waals surface area contributed by atoms with Crippen LogP contribution in [0.2, 0.25) is 0 Å². The van der Waals surface area contributed by atoms with E-state index >= 15 is 0 Å². The first kappa shape index (κ1) is 112. The maximum absolute atomic E-state index is 10.6. The molecule has 6 unspecified atom stereocenters. The number of aliphatic hydroxyl groups excluding tert-OH is 2. The van der Waals surface area contributed by atoms with E-state index in [0.717, 1.165) is 102 Å². The molecule has 6 rings (SSSR count). The molecule has 0 bridgehead atoms. The van der Waals surface area contributed by atoms with Crippen LogP contribution in [0.3, 0.4) is 0 Å². The van der Waals surface area contributed by atoms with Crippen LogP contribution in [0, 0.1) is 80.1 Å². The van der Waals surface area contributed by atoms with Crippen molar-refractivity contribution in [2.24, 2.45) is 41.2 Å². The summed E-state index contributed by atoms with van der Waals surface area (Å²) in [5.74, 6) is 2.20. The first-order valence-corrected chi connectivity index (χ1v) is 30.1. The molecule has 0 aliphatic heterocycles. The molecule has 506 valence electrons. The number of aliphatic hydroxyl groups is 2. The minimum absolute atomic E-state index is 0. The van der Waals surface area contributed by atoms with Crippen LogP contribution in [-0.2, 0) is 80.2 Å². The molecule has 6 aliphatic carbocycles. The summed E-state index contributed by atoms with van der Waals surface area (Å²) in [6, 6.07) is 0. The summed E-state index contributed by atoms with van der Waals surface area (Å²) < 4.78 is 0. The van der Waals surface area contributed by atoms with Gasteiger partial charge in [0.15, 0.2) is 0 Å². The molecule has 0 aromatic heterocycles. The van der Waals surface area contributed by atoms with E-state index in [4.69, 9.17) is 25.8 Å². The molecule has 14 nitrogen and oxygen atoms in total. The minimum Gasteiger partial charge on any atom is -0.550 e. The van der Waals surface area contributed by atoms with Crippen molar-refractivity contribution in [3.63, 3.8) is 0 Å². The van der Waals surface area contributed by atoms with Gasteiger partial charge in [-0.25, -0.2) is 19.4 Å². The first-order chi connectivity index (χ1) is 35.5. The maximum Gasteiger partial charge on any atom is 2.00 e. The fourth-order valence-electron chi connectivity index (χ4n) is 11.2. The van der Waals surface area contributed by atoms with Crippen LogP contribution in [0.5, 0.6) is 0 Å². The second kappa shape index (κ2) is 81.4. The zero-order valence-corrected chi connectivity index (χ0v) is 63.0. The first-order valence-electron chi connectivity index (χ1n) is 30.1. The van der Waals surface area contributed by atoms with Crippen molar-refractivity contribution in [3.8, 4) is 0 Å². The molecule has 0 aromatic rings. The molecule has 6 aliphatic rings. The SMILES string of the molecule is C1CCCC1.C1CCCC1.C1CCCC1.CC(=O)OOC(C)=O.CC(=O)[O-].CN(C)CC1CCCC1C=O.CN(C)CC1CCCC1CN(CCCCCCO)CC1CCCC1CN(C)C.NCCCCCCO.[CH3-].[CH3-].[CH3-].[CH3-].[CH3-].[CH3-].[Fe+2].[Fe+2].[Fe+2].[Na+].